The number of nitrogens with one attached hydrogen (secondary N) is 1. The van der Waals surface area contributed by atoms with Gasteiger partial charge in [0.15, 0.2) is 0 Å². The first kappa shape index (κ1) is 10.8. The van der Waals surface area contributed by atoms with E-state index in [1.54, 1.807) is 19.1 Å². The number of anilines is 1. The van der Waals surface area contributed by atoms with E-state index in [4.69, 9.17) is 0 Å². The van der Waals surface area contributed by atoms with Crippen molar-refractivity contribution in [3.8, 4) is 0 Å². The van der Waals surface area contributed by atoms with Gasteiger partial charge in [-0.2, -0.15) is 0 Å². The molecule has 1 rings (SSSR count). The summed E-state index contributed by atoms with van der Waals surface area (Å²) in [6, 6.07) is 7.20. The van der Waals surface area contributed by atoms with Crippen molar-refractivity contribution in [1.29, 1.82) is 0 Å². The van der Waals surface area contributed by atoms with E-state index >= 15 is 0 Å². The topological polar surface area (TPSA) is 46.2 Å². The molecule has 0 atom stereocenters. The largest absolute Gasteiger partial charge is 0.284 e. The minimum atomic E-state index is -3.14. The molecule has 0 amide bonds. The second-order valence-electron chi connectivity index (χ2n) is 2.51. The number of benzene rings is 1. The van der Waals surface area contributed by atoms with Crippen LogP contribution in [0.25, 0.3) is 0 Å². The number of sulfonamides is 1. The molecule has 0 heterocycles. The predicted octanol–water partition coefficient (Wildman–Crippen LogP) is 2.05. The lowest BCUT2D eigenvalue weighted by atomic mass is 10.3. The quantitative estimate of drug-likeness (QED) is 0.869. The molecule has 3 nitrogen and oxygen atoms in total. The lowest BCUT2D eigenvalue weighted by Crippen LogP contribution is -2.14. The Morgan fingerprint density at radius 1 is 1.31 bits per heavy atom. The Morgan fingerprint density at radius 3 is 2.31 bits per heavy atom. The van der Waals surface area contributed by atoms with Crippen LogP contribution in [0.1, 0.15) is 6.92 Å². The van der Waals surface area contributed by atoms with Crippen molar-refractivity contribution in [3.05, 3.63) is 27.8 Å². The van der Waals surface area contributed by atoms with Crippen molar-refractivity contribution in [3.63, 3.8) is 0 Å². The van der Waals surface area contributed by atoms with Gasteiger partial charge >= 0.3 is 0 Å². The Morgan fingerprint density at radius 2 is 1.85 bits per heavy atom. The highest BCUT2D eigenvalue weighted by atomic mass is 127. The van der Waals surface area contributed by atoms with Gasteiger partial charge in [-0.25, -0.2) is 8.42 Å². The first-order valence-corrected chi connectivity index (χ1v) is 6.52. The maximum absolute atomic E-state index is 11.1. The molecule has 1 aromatic rings. The minimum Gasteiger partial charge on any atom is -0.284 e. The second kappa shape index (κ2) is 4.28. The second-order valence-corrected chi connectivity index (χ2v) is 5.77. The molecule has 13 heavy (non-hydrogen) atoms. The molecule has 0 bridgehead atoms. The SMILES string of the molecule is CCS(=O)(=O)Nc1ccc(I)cc1. The molecule has 0 fully saturated rings. The molecule has 0 spiro atoms. The Kier molecular flexibility index (Phi) is 3.55. The van der Waals surface area contributed by atoms with Crippen LogP contribution in [-0.2, 0) is 10.0 Å². The summed E-state index contributed by atoms with van der Waals surface area (Å²) in [5, 5.41) is 0. The zero-order valence-electron chi connectivity index (χ0n) is 7.12. The van der Waals surface area contributed by atoms with Crippen LogP contribution >= 0.6 is 22.6 Å². The zero-order chi connectivity index (χ0) is 9.90. The molecular formula is C8H10INO2S. The number of rotatable bonds is 3. The van der Waals surface area contributed by atoms with Gasteiger partial charge in [0.1, 0.15) is 0 Å². The Hall–Kier alpha value is -0.300. The van der Waals surface area contributed by atoms with Gasteiger partial charge in [0.05, 0.1) is 5.75 Å². The van der Waals surface area contributed by atoms with Crippen LogP contribution in [0.5, 0.6) is 0 Å². The fourth-order valence-corrected chi connectivity index (χ4v) is 1.77. The highest BCUT2D eigenvalue weighted by molar-refractivity contribution is 14.1. The average molecular weight is 311 g/mol. The smallest absolute Gasteiger partial charge is 0.232 e. The molecule has 0 aliphatic carbocycles. The molecule has 0 radical (unpaired) electrons. The monoisotopic (exact) mass is 311 g/mol. The molecule has 0 unspecified atom stereocenters. The van der Waals surface area contributed by atoms with Gasteiger partial charge in [-0.05, 0) is 53.8 Å². The van der Waals surface area contributed by atoms with Crippen molar-refractivity contribution in [2.24, 2.45) is 0 Å². The fraction of sp³-hybridized carbons (Fsp3) is 0.250. The van der Waals surface area contributed by atoms with Gasteiger partial charge in [-0.3, -0.25) is 4.72 Å². The summed E-state index contributed by atoms with van der Waals surface area (Å²) in [5.41, 5.74) is 0.613. The Balaban J connectivity index is 2.82. The van der Waals surface area contributed by atoms with Crippen LogP contribution in [-0.4, -0.2) is 14.2 Å². The minimum absolute atomic E-state index is 0.0962. The van der Waals surface area contributed by atoms with E-state index in [0.717, 1.165) is 3.57 Å². The normalized spacial score (nSPS) is 11.2. The molecular weight excluding hydrogens is 301 g/mol. The van der Waals surface area contributed by atoms with E-state index < -0.39 is 10.0 Å². The van der Waals surface area contributed by atoms with Crippen molar-refractivity contribution in [2.45, 2.75) is 6.92 Å². The van der Waals surface area contributed by atoms with Gasteiger partial charge in [0.2, 0.25) is 10.0 Å². The number of hydrogen-bond donors (Lipinski definition) is 1. The van der Waals surface area contributed by atoms with E-state index in [1.807, 2.05) is 12.1 Å². The number of halogens is 1. The lowest BCUT2D eigenvalue weighted by molar-refractivity contribution is 0.602. The third-order valence-corrected chi connectivity index (χ3v) is 3.52. The van der Waals surface area contributed by atoms with Gasteiger partial charge in [-0.15, -0.1) is 0 Å². The summed E-state index contributed by atoms with van der Waals surface area (Å²) in [4.78, 5) is 0. The van der Waals surface area contributed by atoms with E-state index in [2.05, 4.69) is 27.3 Å². The zero-order valence-corrected chi connectivity index (χ0v) is 10.1. The van der Waals surface area contributed by atoms with Crippen molar-refractivity contribution in [1.82, 2.24) is 0 Å². The molecule has 0 saturated heterocycles. The predicted molar refractivity (Wildman–Crippen MR) is 62.2 cm³/mol. The fourth-order valence-electron chi connectivity index (χ4n) is 0.770. The van der Waals surface area contributed by atoms with E-state index in [0.29, 0.717) is 5.69 Å². The third kappa shape index (κ3) is 3.51. The van der Waals surface area contributed by atoms with Crippen LogP contribution < -0.4 is 4.72 Å². The molecule has 72 valence electrons. The molecule has 0 saturated carbocycles. The van der Waals surface area contributed by atoms with Crippen LogP contribution in [0, 0.1) is 3.57 Å². The summed E-state index contributed by atoms with van der Waals surface area (Å²) >= 11 is 2.17. The van der Waals surface area contributed by atoms with Crippen molar-refractivity contribution in [2.75, 3.05) is 10.5 Å². The van der Waals surface area contributed by atoms with Gasteiger partial charge in [-0.1, -0.05) is 0 Å². The maximum Gasteiger partial charge on any atom is 0.232 e. The summed E-state index contributed by atoms with van der Waals surface area (Å²) in [5.74, 6) is 0.0962. The first-order chi connectivity index (χ1) is 6.03. The molecule has 1 N–H and O–H groups in total. The molecule has 0 aliphatic rings. The van der Waals surface area contributed by atoms with E-state index in [-0.39, 0.29) is 5.75 Å². The highest BCUT2D eigenvalue weighted by Crippen LogP contribution is 2.12. The standard InChI is InChI=1S/C8H10INO2S/c1-2-13(11,12)10-8-5-3-7(9)4-6-8/h3-6,10H,2H2,1H3. The third-order valence-electron chi connectivity index (χ3n) is 1.50. The van der Waals surface area contributed by atoms with Crippen LogP contribution in [0.3, 0.4) is 0 Å². The molecule has 0 aliphatic heterocycles. The van der Waals surface area contributed by atoms with Gasteiger partial charge < -0.3 is 0 Å². The van der Waals surface area contributed by atoms with Crippen LogP contribution in [0.15, 0.2) is 24.3 Å². The molecule has 0 aromatic heterocycles. The number of hydrogen-bond acceptors (Lipinski definition) is 2. The van der Waals surface area contributed by atoms with E-state index in [9.17, 15) is 8.42 Å². The summed E-state index contributed by atoms with van der Waals surface area (Å²) in [6.07, 6.45) is 0. The van der Waals surface area contributed by atoms with Gasteiger partial charge in [0.25, 0.3) is 0 Å². The van der Waals surface area contributed by atoms with Crippen molar-refractivity contribution >= 4 is 38.3 Å². The summed E-state index contributed by atoms with van der Waals surface area (Å²) in [7, 11) is -3.14. The average Bonchev–Trinajstić information content (AvgIpc) is 2.09. The highest BCUT2D eigenvalue weighted by Gasteiger charge is 2.05. The van der Waals surface area contributed by atoms with Crippen LogP contribution in [0.2, 0.25) is 0 Å². The lowest BCUT2D eigenvalue weighted by Gasteiger charge is -2.04. The summed E-state index contributed by atoms with van der Waals surface area (Å²) < 4.78 is 25.8. The Bertz CT molecular complexity index is 372. The molecule has 1 aromatic carbocycles. The van der Waals surface area contributed by atoms with E-state index in [1.165, 1.54) is 0 Å². The molecule has 5 heteroatoms. The Labute approximate surface area is 91.7 Å². The first-order valence-electron chi connectivity index (χ1n) is 3.79. The van der Waals surface area contributed by atoms with Crippen LogP contribution in [0.4, 0.5) is 5.69 Å². The van der Waals surface area contributed by atoms with Crippen molar-refractivity contribution < 1.29 is 8.42 Å². The summed E-state index contributed by atoms with van der Waals surface area (Å²) in [6.45, 7) is 1.61. The van der Waals surface area contributed by atoms with Gasteiger partial charge in [0, 0.05) is 9.26 Å². The maximum atomic E-state index is 11.1.